The lowest BCUT2D eigenvalue weighted by atomic mass is 10.1. The molecule has 3 aromatic rings. The van der Waals surface area contributed by atoms with Gasteiger partial charge in [0.15, 0.2) is 0 Å². The van der Waals surface area contributed by atoms with Crippen molar-refractivity contribution >= 4 is 51.2 Å². The van der Waals surface area contributed by atoms with Gasteiger partial charge in [-0.2, -0.15) is 5.26 Å². The van der Waals surface area contributed by atoms with E-state index in [4.69, 9.17) is 21.4 Å². The van der Waals surface area contributed by atoms with Gasteiger partial charge in [-0.25, -0.2) is 4.79 Å². The van der Waals surface area contributed by atoms with Gasteiger partial charge in [0.2, 0.25) is 0 Å². The topological polar surface area (TPSA) is 99.4 Å². The largest absolute Gasteiger partial charge is 0.488 e. The number of carbonyl (C=O) groups is 2. The quantitative estimate of drug-likeness (QED) is 0.303. The molecule has 3 aromatic carbocycles. The first kappa shape index (κ1) is 23.1. The molecule has 0 fully saturated rings. The van der Waals surface area contributed by atoms with E-state index in [1.807, 2.05) is 18.2 Å². The zero-order chi connectivity index (χ0) is 23.1. The number of hydrogen-bond donors (Lipinski definition) is 2. The molecule has 0 aliphatic carbocycles. The number of benzene rings is 3. The second-order valence-corrected chi connectivity index (χ2v) is 7.96. The number of amides is 1. The fraction of sp³-hybridized carbons (Fsp3) is 0.0417. The van der Waals surface area contributed by atoms with Crippen LogP contribution in [0.5, 0.6) is 5.75 Å². The van der Waals surface area contributed by atoms with E-state index in [9.17, 15) is 14.9 Å². The van der Waals surface area contributed by atoms with E-state index in [-0.39, 0.29) is 17.7 Å². The van der Waals surface area contributed by atoms with Gasteiger partial charge in [-0.15, -0.1) is 0 Å². The van der Waals surface area contributed by atoms with Gasteiger partial charge in [-0.05, 0) is 66.2 Å². The van der Waals surface area contributed by atoms with Crippen molar-refractivity contribution in [1.82, 2.24) is 0 Å². The number of carboxylic acids is 1. The van der Waals surface area contributed by atoms with Crippen LogP contribution in [0.15, 0.2) is 76.8 Å². The van der Waals surface area contributed by atoms with Crippen LogP contribution in [0.3, 0.4) is 0 Å². The lowest BCUT2D eigenvalue weighted by Gasteiger charge is -2.11. The van der Waals surface area contributed by atoms with E-state index in [0.717, 1.165) is 10.0 Å². The number of nitrogens with zero attached hydrogens (tertiary/aromatic N) is 1. The maximum Gasteiger partial charge on any atom is 0.335 e. The monoisotopic (exact) mass is 510 g/mol. The molecule has 8 heteroatoms. The van der Waals surface area contributed by atoms with Crippen molar-refractivity contribution in [1.29, 1.82) is 5.26 Å². The Labute approximate surface area is 197 Å². The second-order valence-electron chi connectivity index (χ2n) is 6.60. The standard InChI is InChI=1S/C24H16BrClN2O4/c25-19-5-10-22(32-14-15-1-6-20(26)7-2-15)17(12-19)11-18(13-27)23(29)28-21-8-3-16(4-9-21)24(30)31/h1-12H,14H2,(H,28,29)(H,30,31)/b18-11+. The summed E-state index contributed by atoms with van der Waals surface area (Å²) in [6.45, 7) is 0.281. The number of carbonyl (C=O) groups excluding carboxylic acids is 1. The molecule has 0 aliphatic rings. The molecule has 0 saturated heterocycles. The molecular weight excluding hydrogens is 496 g/mol. The van der Waals surface area contributed by atoms with Crippen molar-refractivity contribution in [3.05, 3.63) is 98.5 Å². The van der Waals surface area contributed by atoms with Gasteiger partial charge < -0.3 is 15.2 Å². The molecule has 0 aliphatic heterocycles. The highest BCUT2D eigenvalue weighted by Gasteiger charge is 2.13. The van der Waals surface area contributed by atoms with Gasteiger partial charge in [0.05, 0.1) is 5.56 Å². The fourth-order valence-electron chi connectivity index (χ4n) is 2.70. The zero-order valence-corrected chi connectivity index (χ0v) is 18.9. The van der Waals surface area contributed by atoms with Crippen LogP contribution in [0.4, 0.5) is 5.69 Å². The first-order valence-corrected chi connectivity index (χ1v) is 10.5. The fourth-order valence-corrected chi connectivity index (χ4v) is 3.21. The maximum atomic E-state index is 12.6. The van der Waals surface area contributed by atoms with E-state index in [1.165, 1.54) is 30.3 Å². The zero-order valence-electron chi connectivity index (χ0n) is 16.5. The van der Waals surface area contributed by atoms with Crippen molar-refractivity contribution in [3.8, 4) is 11.8 Å². The molecule has 2 N–H and O–H groups in total. The molecule has 0 spiro atoms. The van der Waals surface area contributed by atoms with Crippen LogP contribution in [-0.2, 0) is 11.4 Å². The molecular formula is C24H16BrClN2O4. The molecule has 3 rings (SSSR count). The number of carboxylic acid groups (broad SMARTS) is 1. The summed E-state index contributed by atoms with van der Waals surface area (Å²) in [4.78, 5) is 23.5. The Bertz CT molecular complexity index is 1220. The highest BCUT2D eigenvalue weighted by Crippen LogP contribution is 2.27. The summed E-state index contributed by atoms with van der Waals surface area (Å²) < 4.78 is 6.65. The maximum absolute atomic E-state index is 12.6. The first-order chi connectivity index (χ1) is 15.4. The highest BCUT2D eigenvalue weighted by atomic mass is 79.9. The third kappa shape index (κ3) is 6.20. The van der Waals surface area contributed by atoms with E-state index >= 15 is 0 Å². The number of aromatic carboxylic acids is 1. The van der Waals surface area contributed by atoms with E-state index in [2.05, 4.69) is 21.2 Å². The minimum absolute atomic E-state index is 0.0932. The Hall–Kier alpha value is -3.60. The summed E-state index contributed by atoms with van der Waals surface area (Å²) in [6.07, 6.45) is 1.43. The van der Waals surface area contributed by atoms with Crippen molar-refractivity contribution in [3.63, 3.8) is 0 Å². The van der Waals surface area contributed by atoms with Crippen molar-refractivity contribution in [2.75, 3.05) is 5.32 Å². The van der Waals surface area contributed by atoms with Crippen molar-refractivity contribution in [2.24, 2.45) is 0 Å². The third-order valence-electron chi connectivity index (χ3n) is 4.33. The number of hydrogen-bond acceptors (Lipinski definition) is 4. The lowest BCUT2D eigenvalue weighted by Crippen LogP contribution is -2.13. The Morgan fingerprint density at radius 1 is 1.09 bits per heavy atom. The molecule has 0 atom stereocenters. The summed E-state index contributed by atoms with van der Waals surface area (Å²) in [6, 6.07) is 20.0. The Morgan fingerprint density at radius 2 is 1.78 bits per heavy atom. The highest BCUT2D eigenvalue weighted by molar-refractivity contribution is 9.10. The minimum atomic E-state index is -1.07. The second kappa shape index (κ2) is 10.6. The number of halogens is 2. The Kier molecular flexibility index (Phi) is 7.66. The van der Waals surface area contributed by atoms with Gasteiger partial charge in [0, 0.05) is 20.7 Å². The predicted molar refractivity (Wildman–Crippen MR) is 126 cm³/mol. The first-order valence-electron chi connectivity index (χ1n) is 9.29. The summed E-state index contributed by atoms with van der Waals surface area (Å²) in [5, 5.41) is 21.7. The molecule has 1 amide bonds. The Balaban J connectivity index is 1.80. The molecule has 0 unspecified atom stereocenters. The molecule has 0 aromatic heterocycles. The molecule has 160 valence electrons. The number of ether oxygens (including phenoxy) is 1. The van der Waals surface area contributed by atoms with Crippen molar-refractivity contribution in [2.45, 2.75) is 6.61 Å². The summed E-state index contributed by atoms with van der Waals surface area (Å²) in [5.74, 6) is -1.20. The lowest BCUT2D eigenvalue weighted by molar-refractivity contribution is -0.112. The van der Waals surface area contributed by atoms with Gasteiger partial charge in [0.1, 0.15) is 24.0 Å². The molecule has 6 nitrogen and oxygen atoms in total. The summed E-state index contributed by atoms with van der Waals surface area (Å²) in [5.41, 5.74) is 1.78. The summed E-state index contributed by atoms with van der Waals surface area (Å²) >= 11 is 9.30. The van der Waals surface area contributed by atoms with Gasteiger partial charge in [-0.3, -0.25) is 4.79 Å². The van der Waals surface area contributed by atoms with Crippen molar-refractivity contribution < 1.29 is 19.4 Å². The predicted octanol–water partition coefficient (Wildman–Crippen LogP) is 5.93. The van der Waals surface area contributed by atoms with E-state index < -0.39 is 11.9 Å². The van der Waals surface area contributed by atoms with Gasteiger partial charge >= 0.3 is 5.97 Å². The molecule has 0 saturated carbocycles. The van der Waals surface area contributed by atoms with Crippen LogP contribution in [0.2, 0.25) is 5.02 Å². The van der Waals surface area contributed by atoms with Crippen LogP contribution >= 0.6 is 27.5 Å². The minimum Gasteiger partial charge on any atom is -0.488 e. The number of rotatable bonds is 7. The molecule has 0 bridgehead atoms. The Morgan fingerprint density at radius 3 is 2.41 bits per heavy atom. The smallest absolute Gasteiger partial charge is 0.335 e. The van der Waals surface area contributed by atoms with E-state index in [0.29, 0.717) is 22.0 Å². The molecule has 32 heavy (non-hydrogen) atoms. The normalized spacial score (nSPS) is 10.8. The summed E-state index contributed by atoms with van der Waals surface area (Å²) in [7, 11) is 0. The number of anilines is 1. The van der Waals surface area contributed by atoms with Gasteiger partial charge in [-0.1, -0.05) is 39.7 Å². The number of nitrogens with one attached hydrogen (secondary N) is 1. The third-order valence-corrected chi connectivity index (χ3v) is 5.08. The SMILES string of the molecule is N#C/C(=C\c1cc(Br)ccc1OCc1ccc(Cl)cc1)C(=O)Nc1ccc(C(=O)O)cc1. The van der Waals surface area contributed by atoms with Crippen LogP contribution in [0, 0.1) is 11.3 Å². The number of nitriles is 1. The van der Waals surface area contributed by atoms with Crippen LogP contribution in [0.1, 0.15) is 21.5 Å². The molecule has 0 radical (unpaired) electrons. The van der Waals surface area contributed by atoms with E-state index in [1.54, 1.807) is 30.3 Å². The van der Waals surface area contributed by atoms with Crippen LogP contribution < -0.4 is 10.1 Å². The van der Waals surface area contributed by atoms with Crippen LogP contribution in [0.25, 0.3) is 6.08 Å². The average molecular weight is 512 g/mol. The molecule has 0 heterocycles. The average Bonchev–Trinajstić information content (AvgIpc) is 2.78. The van der Waals surface area contributed by atoms with Crippen LogP contribution in [-0.4, -0.2) is 17.0 Å². The van der Waals surface area contributed by atoms with Gasteiger partial charge in [0.25, 0.3) is 5.91 Å².